The summed E-state index contributed by atoms with van der Waals surface area (Å²) in [6.45, 7) is 5.68. The Morgan fingerprint density at radius 3 is 2.85 bits per heavy atom. The molecule has 4 atom stereocenters. The fraction of sp³-hybridized carbons (Fsp3) is 0.684. The van der Waals surface area contributed by atoms with E-state index in [2.05, 4.69) is 43.4 Å². The Balaban J connectivity index is 1.69. The van der Waals surface area contributed by atoms with Gasteiger partial charge in [0.2, 0.25) is 0 Å². The molecule has 0 aromatic heterocycles. The number of benzene rings is 1. The first-order valence-corrected chi connectivity index (χ1v) is 8.68. The summed E-state index contributed by atoms with van der Waals surface area (Å²) < 4.78 is 0. The standard InChI is InChI=1S/C19H29N/c1-3-5-6-11-17(20-4-2)19-16-13-12-14-9-7-8-10-15(14)18(16)19/h7-10,16-20H,3-6,11-13H2,1-2H3. The van der Waals surface area contributed by atoms with E-state index in [1.165, 1.54) is 38.5 Å². The van der Waals surface area contributed by atoms with Crippen LogP contribution in [0.25, 0.3) is 0 Å². The van der Waals surface area contributed by atoms with E-state index in [0.29, 0.717) is 0 Å². The van der Waals surface area contributed by atoms with Crippen molar-refractivity contribution in [3.8, 4) is 0 Å². The summed E-state index contributed by atoms with van der Waals surface area (Å²) in [5.74, 6) is 2.75. The molecule has 3 rings (SSSR count). The smallest absolute Gasteiger partial charge is 0.0104 e. The van der Waals surface area contributed by atoms with Crippen molar-refractivity contribution in [1.29, 1.82) is 0 Å². The maximum absolute atomic E-state index is 3.79. The van der Waals surface area contributed by atoms with E-state index < -0.39 is 0 Å². The average molecular weight is 271 g/mol. The Labute approximate surface area is 124 Å². The predicted molar refractivity (Wildman–Crippen MR) is 86.1 cm³/mol. The van der Waals surface area contributed by atoms with Crippen molar-refractivity contribution in [3.05, 3.63) is 35.4 Å². The maximum Gasteiger partial charge on any atom is 0.0104 e. The van der Waals surface area contributed by atoms with Crippen molar-refractivity contribution in [3.63, 3.8) is 0 Å². The molecule has 1 nitrogen and oxygen atoms in total. The Bertz CT molecular complexity index is 439. The molecule has 0 aliphatic heterocycles. The number of unbranched alkanes of at least 4 members (excludes halogenated alkanes) is 2. The van der Waals surface area contributed by atoms with Gasteiger partial charge in [-0.3, -0.25) is 0 Å². The van der Waals surface area contributed by atoms with Crippen molar-refractivity contribution in [2.75, 3.05) is 6.54 Å². The molecule has 0 saturated heterocycles. The largest absolute Gasteiger partial charge is 0.314 e. The van der Waals surface area contributed by atoms with E-state index in [1.807, 2.05) is 0 Å². The molecular weight excluding hydrogens is 242 g/mol. The zero-order valence-electron chi connectivity index (χ0n) is 13.1. The van der Waals surface area contributed by atoms with Crippen LogP contribution in [0, 0.1) is 11.8 Å². The summed E-state index contributed by atoms with van der Waals surface area (Å²) in [5.41, 5.74) is 3.30. The van der Waals surface area contributed by atoms with Gasteiger partial charge in [-0.15, -0.1) is 0 Å². The Hall–Kier alpha value is -0.820. The second kappa shape index (κ2) is 6.30. The third-order valence-electron chi connectivity index (χ3n) is 5.44. The molecule has 4 unspecified atom stereocenters. The zero-order chi connectivity index (χ0) is 13.9. The lowest BCUT2D eigenvalue weighted by molar-refractivity contribution is 0.404. The number of fused-ring (bicyclic) bond motifs is 3. The van der Waals surface area contributed by atoms with Crippen molar-refractivity contribution < 1.29 is 0 Å². The Kier molecular flexibility index (Phi) is 4.45. The number of aryl methyl sites for hydroxylation is 1. The molecule has 0 heterocycles. The van der Waals surface area contributed by atoms with Gasteiger partial charge in [-0.05, 0) is 54.7 Å². The van der Waals surface area contributed by atoms with Crippen LogP contribution in [0.15, 0.2) is 24.3 Å². The molecule has 2 aliphatic rings. The lowest BCUT2D eigenvalue weighted by Gasteiger charge is -2.18. The van der Waals surface area contributed by atoms with E-state index in [9.17, 15) is 0 Å². The molecule has 1 aromatic carbocycles. The average Bonchev–Trinajstić information content (AvgIpc) is 3.21. The normalized spacial score (nSPS) is 28.6. The molecule has 0 radical (unpaired) electrons. The van der Waals surface area contributed by atoms with E-state index in [-0.39, 0.29) is 0 Å². The molecule has 0 spiro atoms. The van der Waals surface area contributed by atoms with E-state index >= 15 is 0 Å². The Morgan fingerprint density at radius 2 is 2.05 bits per heavy atom. The summed E-state index contributed by atoms with van der Waals surface area (Å²) in [7, 11) is 0. The van der Waals surface area contributed by atoms with E-state index in [1.54, 1.807) is 11.1 Å². The minimum Gasteiger partial charge on any atom is -0.314 e. The van der Waals surface area contributed by atoms with Gasteiger partial charge in [0.05, 0.1) is 0 Å². The van der Waals surface area contributed by atoms with Crippen LogP contribution < -0.4 is 5.32 Å². The third-order valence-corrected chi connectivity index (χ3v) is 5.44. The highest BCUT2D eigenvalue weighted by Gasteiger charge is 2.55. The predicted octanol–water partition coefficient (Wildman–Crippen LogP) is 4.52. The maximum atomic E-state index is 3.79. The van der Waals surface area contributed by atoms with Gasteiger partial charge >= 0.3 is 0 Å². The third kappa shape index (κ3) is 2.65. The first kappa shape index (κ1) is 14.1. The minimum atomic E-state index is 0.757. The van der Waals surface area contributed by atoms with Crippen LogP contribution >= 0.6 is 0 Å². The fourth-order valence-electron chi connectivity index (χ4n) is 4.48. The van der Waals surface area contributed by atoms with Crippen LogP contribution in [-0.4, -0.2) is 12.6 Å². The van der Waals surface area contributed by atoms with Crippen LogP contribution in [0.1, 0.15) is 63.0 Å². The highest BCUT2D eigenvalue weighted by atomic mass is 14.9. The van der Waals surface area contributed by atoms with Gasteiger partial charge in [-0.1, -0.05) is 57.4 Å². The topological polar surface area (TPSA) is 12.0 Å². The molecule has 1 fully saturated rings. The summed E-state index contributed by atoms with van der Waals surface area (Å²) in [6, 6.07) is 9.93. The molecule has 0 bridgehead atoms. The first-order valence-electron chi connectivity index (χ1n) is 8.68. The number of hydrogen-bond donors (Lipinski definition) is 1. The van der Waals surface area contributed by atoms with Gasteiger partial charge in [-0.25, -0.2) is 0 Å². The van der Waals surface area contributed by atoms with Crippen molar-refractivity contribution >= 4 is 0 Å². The molecule has 1 aromatic rings. The minimum absolute atomic E-state index is 0.757. The lowest BCUT2D eigenvalue weighted by Crippen LogP contribution is -2.31. The lowest BCUT2D eigenvalue weighted by atomic mass is 9.92. The van der Waals surface area contributed by atoms with Gasteiger partial charge in [0.15, 0.2) is 0 Å². The highest BCUT2D eigenvalue weighted by molar-refractivity contribution is 5.40. The van der Waals surface area contributed by atoms with Gasteiger partial charge in [0.25, 0.3) is 0 Å². The van der Waals surface area contributed by atoms with Gasteiger partial charge < -0.3 is 5.32 Å². The molecule has 1 saturated carbocycles. The Morgan fingerprint density at radius 1 is 1.20 bits per heavy atom. The molecule has 20 heavy (non-hydrogen) atoms. The number of nitrogens with one attached hydrogen (secondary N) is 1. The zero-order valence-corrected chi connectivity index (χ0v) is 13.1. The van der Waals surface area contributed by atoms with E-state index in [4.69, 9.17) is 0 Å². The number of rotatable bonds is 7. The molecular formula is C19H29N. The highest BCUT2D eigenvalue weighted by Crippen LogP contribution is 2.61. The summed E-state index contributed by atoms with van der Waals surface area (Å²) >= 11 is 0. The van der Waals surface area contributed by atoms with Crippen LogP contribution in [0.4, 0.5) is 0 Å². The number of hydrogen-bond acceptors (Lipinski definition) is 1. The first-order chi connectivity index (χ1) is 9.86. The quantitative estimate of drug-likeness (QED) is 0.719. The molecule has 1 N–H and O–H groups in total. The van der Waals surface area contributed by atoms with Crippen molar-refractivity contribution in [2.24, 2.45) is 11.8 Å². The van der Waals surface area contributed by atoms with Crippen LogP contribution in [-0.2, 0) is 6.42 Å². The van der Waals surface area contributed by atoms with E-state index in [0.717, 1.165) is 30.3 Å². The van der Waals surface area contributed by atoms with Crippen molar-refractivity contribution in [2.45, 2.75) is 64.3 Å². The van der Waals surface area contributed by atoms with Crippen LogP contribution in [0.3, 0.4) is 0 Å². The fourth-order valence-corrected chi connectivity index (χ4v) is 4.48. The van der Waals surface area contributed by atoms with Crippen molar-refractivity contribution in [1.82, 2.24) is 5.32 Å². The molecule has 110 valence electrons. The van der Waals surface area contributed by atoms with Gasteiger partial charge in [0.1, 0.15) is 0 Å². The summed E-state index contributed by atoms with van der Waals surface area (Å²) in [5, 5.41) is 3.79. The molecule has 1 heteroatoms. The van der Waals surface area contributed by atoms with Crippen LogP contribution in [0.5, 0.6) is 0 Å². The molecule has 2 aliphatic carbocycles. The van der Waals surface area contributed by atoms with Crippen LogP contribution in [0.2, 0.25) is 0 Å². The van der Waals surface area contributed by atoms with Gasteiger partial charge in [-0.2, -0.15) is 0 Å². The SMILES string of the molecule is CCCCCC(NCC)C1C2CCc3ccccc3C21. The second-order valence-corrected chi connectivity index (χ2v) is 6.66. The monoisotopic (exact) mass is 271 g/mol. The summed E-state index contributed by atoms with van der Waals surface area (Å²) in [6.07, 6.45) is 8.22. The second-order valence-electron chi connectivity index (χ2n) is 6.66. The van der Waals surface area contributed by atoms with Gasteiger partial charge in [0, 0.05) is 6.04 Å². The molecule has 0 amide bonds. The summed E-state index contributed by atoms with van der Waals surface area (Å²) in [4.78, 5) is 0.